The average Bonchev–Trinajstić information content (AvgIpc) is 3.28. The number of carbonyl (C=O) groups is 2. The summed E-state index contributed by atoms with van der Waals surface area (Å²) in [6, 6.07) is 0.974. The SMILES string of the molecule is CC(CNC(=O)[C@@H]1CCCC[C@@H]1C(=O)O)N(C)C1CC1. The number of aliphatic carboxylic acids is 1. The molecular weight excluding hydrogens is 256 g/mol. The van der Waals surface area contributed by atoms with Gasteiger partial charge in [0, 0.05) is 18.6 Å². The van der Waals surface area contributed by atoms with Gasteiger partial charge in [0.1, 0.15) is 0 Å². The fourth-order valence-electron chi connectivity index (χ4n) is 3.11. The van der Waals surface area contributed by atoms with Crippen molar-refractivity contribution in [3.8, 4) is 0 Å². The Kier molecular flexibility index (Phi) is 5.02. The number of carboxylic acids is 1. The lowest BCUT2D eigenvalue weighted by Crippen LogP contribution is -2.45. The third-order valence-electron chi connectivity index (χ3n) is 4.81. The van der Waals surface area contributed by atoms with Crippen molar-refractivity contribution in [2.24, 2.45) is 11.8 Å². The molecule has 2 saturated carbocycles. The molecule has 20 heavy (non-hydrogen) atoms. The van der Waals surface area contributed by atoms with Crippen LogP contribution in [0.3, 0.4) is 0 Å². The van der Waals surface area contributed by atoms with E-state index in [1.165, 1.54) is 12.8 Å². The van der Waals surface area contributed by atoms with Crippen LogP contribution < -0.4 is 5.32 Å². The Labute approximate surface area is 120 Å². The van der Waals surface area contributed by atoms with Gasteiger partial charge in [-0.25, -0.2) is 0 Å². The highest BCUT2D eigenvalue weighted by atomic mass is 16.4. The Morgan fingerprint density at radius 3 is 2.35 bits per heavy atom. The molecule has 3 atom stereocenters. The summed E-state index contributed by atoms with van der Waals surface area (Å²) in [6.45, 7) is 2.71. The van der Waals surface area contributed by atoms with Crippen LogP contribution in [0.15, 0.2) is 0 Å². The van der Waals surface area contributed by atoms with Crippen LogP contribution in [0.5, 0.6) is 0 Å². The number of carbonyl (C=O) groups excluding carboxylic acids is 1. The predicted molar refractivity (Wildman–Crippen MR) is 76.3 cm³/mol. The van der Waals surface area contributed by atoms with Gasteiger partial charge in [-0.1, -0.05) is 12.8 Å². The molecule has 2 fully saturated rings. The highest BCUT2D eigenvalue weighted by Gasteiger charge is 2.36. The van der Waals surface area contributed by atoms with Crippen molar-refractivity contribution >= 4 is 11.9 Å². The van der Waals surface area contributed by atoms with Crippen molar-refractivity contribution in [2.45, 2.75) is 57.5 Å². The maximum absolute atomic E-state index is 12.2. The minimum atomic E-state index is -0.826. The van der Waals surface area contributed by atoms with E-state index in [9.17, 15) is 14.7 Å². The Hall–Kier alpha value is -1.10. The molecule has 0 heterocycles. The minimum absolute atomic E-state index is 0.0758. The molecular formula is C15H26N2O3. The zero-order valence-corrected chi connectivity index (χ0v) is 12.5. The Morgan fingerprint density at radius 1 is 1.20 bits per heavy atom. The summed E-state index contributed by atoms with van der Waals surface area (Å²) in [7, 11) is 2.09. The first-order valence-electron chi connectivity index (χ1n) is 7.73. The van der Waals surface area contributed by atoms with E-state index in [2.05, 4.69) is 24.2 Å². The zero-order chi connectivity index (χ0) is 14.7. The van der Waals surface area contributed by atoms with Gasteiger partial charge in [0.25, 0.3) is 0 Å². The molecule has 0 radical (unpaired) electrons. The summed E-state index contributed by atoms with van der Waals surface area (Å²) in [5.74, 6) is -1.75. The molecule has 0 spiro atoms. The van der Waals surface area contributed by atoms with Crippen molar-refractivity contribution in [3.05, 3.63) is 0 Å². The second-order valence-corrected chi connectivity index (χ2v) is 6.33. The number of hydrogen-bond donors (Lipinski definition) is 2. The summed E-state index contributed by atoms with van der Waals surface area (Å²) >= 11 is 0. The lowest BCUT2D eigenvalue weighted by Gasteiger charge is -2.29. The molecule has 2 rings (SSSR count). The number of hydrogen-bond acceptors (Lipinski definition) is 3. The third kappa shape index (κ3) is 3.72. The van der Waals surface area contributed by atoms with E-state index in [1.807, 2.05) is 0 Å². The van der Waals surface area contributed by atoms with Crippen LogP contribution in [-0.4, -0.2) is 47.6 Å². The molecule has 2 aliphatic rings. The highest BCUT2D eigenvalue weighted by molar-refractivity contribution is 5.84. The summed E-state index contributed by atoms with van der Waals surface area (Å²) in [5.41, 5.74) is 0. The molecule has 0 aliphatic heterocycles. The van der Waals surface area contributed by atoms with Crippen LogP contribution in [0.2, 0.25) is 0 Å². The largest absolute Gasteiger partial charge is 0.481 e. The topological polar surface area (TPSA) is 69.6 Å². The van der Waals surface area contributed by atoms with E-state index < -0.39 is 11.9 Å². The van der Waals surface area contributed by atoms with Crippen molar-refractivity contribution in [1.82, 2.24) is 10.2 Å². The van der Waals surface area contributed by atoms with Crippen LogP contribution in [0.25, 0.3) is 0 Å². The number of likely N-dealkylation sites (N-methyl/N-ethyl adjacent to an activating group) is 1. The van der Waals surface area contributed by atoms with Crippen LogP contribution >= 0.6 is 0 Å². The van der Waals surface area contributed by atoms with Crippen LogP contribution in [0, 0.1) is 11.8 Å². The van der Waals surface area contributed by atoms with Gasteiger partial charge >= 0.3 is 5.97 Å². The molecule has 0 aromatic carbocycles. The molecule has 2 N–H and O–H groups in total. The number of amides is 1. The van der Waals surface area contributed by atoms with E-state index >= 15 is 0 Å². The first-order chi connectivity index (χ1) is 9.50. The van der Waals surface area contributed by atoms with E-state index in [-0.39, 0.29) is 11.8 Å². The lowest BCUT2D eigenvalue weighted by atomic mass is 9.78. The quantitative estimate of drug-likeness (QED) is 0.774. The summed E-state index contributed by atoms with van der Waals surface area (Å²) < 4.78 is 0. The number of carboxylic acid groups (broad SMARTS) is 1. The van der Waals surface area contributed by atoms with Gasteiger partial charge in [-0.15, -0.1) is 0 Å². The third-order valence-corrected chi connectivity index (χ3v) is 4.81. The molecule has 1 amide bonds. The van der Waals surface area contributed by atoms with Crippen molar-refractivity contribution in [1.29, 1.82) is 0 Å². The predicted octanol–water partition coefficient (Wildman–Crippen LogP) is 1.48. The number of nitrogens with zero attached hydrogens (tertiary/aromatic N) is 1. The Balaban J connectivity index is 1.81. The van der Waals surface area contributed by atoms with Crippen molar-refractivity contribution in [3.63, 3.8) is 0 Å². The Morgan fingerprint density at radius 2 is 1.80 bits per heavy atom. The molecule has 0 saturated heterocycles. The van der Waals surface area contributed by atoms with Crippen molar-refractivity contribution in [2.75, 3.05) is 13.6 Å². The standard InChI is InChI=1S/C15H26N2O3/c1-10(17(2)11-7-8-11)9-16-14(18)12-5-3-4-6-13(12)15(19)20/h10-13H,3-9H2,1-2H3,(H,16,18)(H,19,20)/t10?,12-,13+/m1/s1. The second-order valence-electron chi connectivity index (χ2n) is 6.33. The maximum Gasteiger partial charge on any atom is 0.307 e. The van der Waals surface area contributed by atoms with Crippen LogP contribution in [-0.2, 0) is 9.59 Å². The second kappa shape index (κ2) is 6.57. The molecule has 114 valence electrons. The smallest absolute Gasteiger partial charge is 0.307 e. The molecule has 2 aliphatic carbocycles. The van der Waals surface area contributed by atoms with E-state index in [1.54, 1.807) is 0 Å². The molecule has 0 aromatic rings. The van der Waals surface area contributed by atoms with Gasteiger partial charge in [-0.05, 0) is 39.7 Å². The monoisotopic (exact) mass is 282 g/mol. The number of rotatable bonds is 6. The van der Waals surface area contributed by atoms with Gasteiger partial charge in [-0.2, -0.15) is 0 Å². The van der Waals surface area contributed by atoms with Gasteiger partial charge in [0.05, 0.1) is 11.8 Å². The van der Waals surface area contributed by atoms with Crippen LogP contribution in [0.4, 0.5) is 0 Å². The summed E-state index contributed by atoms with van der Waals surface area (Å²) in [5, 5.41) is 12.2. The fraction of sp³-hybridized carbons (Fsp3) is 0.867. The average molecular weight is 282 g/mol. The van der Waals surface area contributed by atoms with E-state index in [0.29, 0.717) is 31.5 Å². The van der Waals surface area contributed by atoms with Crippen molar-refractivity contribution < 1.29 is 14.7 Å². The molecule has 5 nitrogen and oxygen atoms in total. The fourth-order valence-corrected chi connectivity index (χ4v) is 3.11. The zero-order valence-electron chi connectivity index (χ0n) is 12.5. The van der Waals surface area contributed by atoms with Crippen LogP contribution in [0.1, 0.15) is 45.4 Å². The Bertz CT molecular complexity index is 368. The highest BCUT2D eigenvalue weighted by Crippen LogP contribution is 2.30. The first-order valence-corrected chi connectivity index (χ1v) is 7.73. The first kappa shape index (κ1) is 15.3. The molecule has 0 aromatic heterocycles. The van der Waals surface area contributed by atoms with Gasteiger partial charge in [0.2, 0.25) is 5.91 Å². The van der Waals surface area contributed by atoms with E-state index in [0.717, 1.165) is 12.8 Å². The van der Waals surface area contributed by atoms with Gasteiger partial charge in [0.15, 0.2) is 0 Å². The molecule has 0 bridgehead atoms. The normalized spacial score (nSPS) is 28.1. The molecule has 5 heteroatoms. The number of nitrogens with one attached hydrogen (secondary N) is 1. The summed E-state index contributed by atoms with van der Waals surface area (Å²) in [4.78, 5) is 25.8. The van der Waals surface area contributed by atoms with E-state index in [4.69, 9.17) is 0 Å². The van der Waals surface area contributed by atoms with Gasteiger partial charge in [-0.3, -0.25) is 14.5 Å². The maximum atomic E-state index is 12.2. The minimum Gasteiger partial charge on any atom is -0.481 e. The van der Waals surface area contributed by atoms with Gasteiger partial charge < -0.3 is 10.4 Å². The summed E-state index contributed by atoms with van der Waals surface area (Å²) in [6.07, 6.45) is 5.71. The lowest BCUT2D eigenvalue weighted by molar-refractivity contribution is -0.148. The molecule has 1 unspecified atom stereocenters.